The van der Waals surface area contributed by atoms with Crippen LogP contribution < -0.4 is 5.32 Å². The van der Waals surface area contributed by atoms with E-state index in [1.165, 1.54) is 6.07 Å². The summed E-state index contributed by atoms with van der Waals surface area (Å²) in [5.74, 6) is -0.918. The van der Waals surface area contributed by atoms with Crippen LogP contribution in [0.4, 0.5) is 5.69 Å². The highest BCUT2D eigenvalue weighted by molar-refractivity contribution is 6.17. The zero-order chi connectivity index (χ0) is 15.4. The highest BCUT2D eigenvalue weighted by atomic mass is 35.5. The summed E-state index contributed by atoms with van der Waals surface area (Å²) in [6, 6.07) is 11.7. The predicted molar refractivity (Wildman–Crippen MR) is 82.1 cm³/mol. The summed E-state index contributed by atoms with van der Waals surface area (Å²) in [5, 5.41) is 11.8. The molecule has 5 heteroatoms. The summed E-state index contributed by atoms with van der Waals surface area (Å²) in [6.45, 7) is 1.66. The second kappa shape index (κ2) is 6.41. The van der Waals surface area contributed by atoms with Crippen molar-refractivity contribution >= 4 is 29.2 Å². The Kier molecular flexibility index (Phi) is 4.60. The quantitative estimate of drug-likeness (QED) is 0.847. The summed E-state index contributed by atoms with van der Waals surface area (Å²) in [7, 11) is 0. The number of aromatic carboxylic acids is 1. The Morgan fingerprint density at radius 1 is 1.14 bits per heavy atom. The molecule has 0 bridgehead atoms. The van der Waals surface area contributed by atoms with Crippen molar-refractivity contribution in [3.63, 3.8) is 0 Å². The molecule has 0 radical (unpaired) electrons. The van der Waals surface area contributed by atoms with Crippen LogP contribution >= 0.6 is 11.6 Å². The normalized spacial score (nSPS) is 10.2. The second-order valence-electron chi connectivity index (χ2n) is 4.57. The van der Waals surface area contributed by atoms with Crippen molar-refractivity contribution in [3.05, 3.63) is 64.7 Å². The highest BCUT2D eigenvalue weighted by Crippen LogP contribution is 2.20. The molecule has 2 N–H and O–H groups in total. The van der Waals surface area contributed by atoms with Crippen LogP contribution in [0.25, 0.3) is 0 Å². The first-order chi connectivity index (χ1) is 10.0. The highest BCUT2D eigenvalue weighted by Gasteiger charge is 2.12. The monoisotopic (exact) mass is 303 g/mol. The van der Waals surface area contributed by atoms with Gasteiger partial charge in [-0.1, -0.05) is 18.2 Å². The lowest BCUT2D eigenvalue weighted by molar-refractivity contribution is 0.0695. The molecule has 0 heterocycles. The lowest BCUT2D eigenvalue weighted by Crippen LogP contribution is -2.14. The summed E-state index contributed by atoms with van der Waals surface area (Å²) in [5.41, 5.74) is 2.60. The first-order valence-corrected chi connectivity index (χ1v) is 6.85. The van der Waals surface area contributed by atoms with E-state index in [1.54, 1.807) is 43.3 Å². The van der Waals surface area contributed by atoms with Gasteiger partial charge < -0.3 is 10.4 Å². The molecular weight excluding hydrogens is 290 g/mol. The van der Waals surface area contributed by atoms with Crippen LogP contribution in [0, 0.1) is 6.92 Å². The molecule has 0 saturated carbocycles. The molecule has 0 atom stereocenters. The van der Waals surface area contributed by atoms with E-state index in [0.29, 0.717) is 22.7 Å². The lowest BCUT2D eigenvalue weighted by atomic mass is 10.1. The number of carboxylic acids is 1. The summed E-state index contributed by atoms with van der Waals surface area (Å²) < 4.78 is 0. The van der Waals surface area contributed by atoms with Gasteiger partial charge in [-0.15, -0.1) is 11.6 Å². The molecule has 2 rings (SSSR count). The number of hydrogen-bond acceptors (Lipinski definition) is 2. The van der Waals surface area contributed by atoms with E-state index in [2.05, 4.69) is 5.32 Å². The molecule has 2 aromatic carbocycles. The number of hydrogen-bond donors (Lipinski definition) is 2. The van der Waals surface area contributed by atoms with E-state index in [9.17, 15) is 9.59 Å². The van der Waals surface area contributed by atoms with Crippen molar-refractivity contribution in [2.45, 2.75) is 12.8 Å². The van der Waals surface area contributed by atoms with Gasteiger partial charge in [-0.25, -0.2) is 4.79 Å². The SMILES string of the molecule is Cc1c(NC(=O)c2ccc(CCl)cc2)cccc1C(=O)O. The van der Waals surface area contributed by atoms with Crippen LogP contribution in [0.1, 0.15) is 31.8 Å². The van der Waals surface area contributed by atoms with Crippen LogP contribution in [-0.2, 0) is 5.88 Å². The average molecular weight is 304 g/mol. The third-order valence-electron chi connectivity index (χ3n) is 3.18. The minimum absolute atomic E-state index is 0.172. The molecule has 4 nitrogen and oxygen atoms in total. The number of anilines is 1. The Balaban J connectivity index is 2.23. The average Bonchev–Trinajstić information content (AvgIpc) is 2.49. The fourth-order valence-corrected chi connectivity index (χ4v) is 2.12. The number of carbonyl (C=O) groups is 2. The molecule has 0 unspecified atom stereocenters. The van der Waals surface area contributed by atoms with Gasteiger partial charge in [0, 0.05) is 17.1 Å². The Morgan fingerprint density at radius 3 is 2.38 bits per heavy atom. The summed E-state index contributed by atoms with van der Waals surface area (Å²) >= 11 is 5.70. The van der Waals surface area contributed by atoms with Crippen LogP contribution in [-0.4, -0.2) is 17.0 Å². The summed E-state index contributed by atoms with van der Waals surface area (Å²) in [6.07, 6.45) is 0. The molecule has 2 aromatic rings. The molecule has 0 aliphatic heterocycles. The van der Waals surface area contributed by atoms with Crippen molar-refractivity contribution in [3.8, 4) is 0 Å². The standard InChI is InChI=1S/C16H14ClNO3/c1-10-13(16(20)21)3-2-4-14(10)18-15(19)12-7-5-11(9-17)6-8-12/h2-8H,9H2,1H3,(H,18,19)(H,20,21). The third kappa shape index (κ3) is 3.41. The second-order valence-corrected chi connectivity index (χ2v) is 4.84. The number of halogens is 1. The van der Waals surface area contributed by atoms with Crippen molar-refractivity contribution in [1.82, 2.24) is 0 Å². The number of rotatable bonds is 4. The van der Waals surface area contributed by atoms with E-state index in [4.69, 9.17) is 16.7 Å². The summed E-state index contributed by atoms with van der Waals surface area (Å²) in [4.78, 5) is 23.2. The van der Waals surface area contributed by atoms with Crippen molar-refractivity contribution < 1.29 is 14.7 Å². The first kappa shape index (κ1) is 15.1. The van der Waals surface area contributed by atoms with Gasteiger partial charge in [0.25, 0.3) is 5.91 Å². The fraction of sp³-hybridized carbons (Fsp3) is 0.125. The molecule has 0 aliphatic rings. The van der Waals surface area contributed by atoms with Crippen LogP contribution in [0.3, 0.4) is 0 Å². The third-order valence-corrected chi connectivity index (χ3v) is 3.49. The molecular formula is C16H14ClNO3. The van der Waals surface area contributed by atoms with Crippen molar-refractivity contribution in [2.24, 2.45) is 0 Å². The Hall–Kier alpha value is -2.33. The minimum Gasteiger partial charge on any atom is -0.478 e. The van der Waals surface area contributed by atoms with Crippen LogP contribution in [0.15, 0.2) is 42.5 Å². The van der Waals surface area contributed by atoms with Crippen LogP contribution in [0.5, 0.6) is 0 Å². The minimum atomic E-state index is -1.02. The molecule has 0 saturated heterocycles. The number of carboxylic acid groups (broad SMARTS) is 1. The Bertz CT molecular complexity index is 680. The number of nitrogens with one attached hydrogen (secondary N) is 1. The van der Waals surface area contributed by atoms with Gasteiger partial charge in [0.2, 0.25) is 0 Å². The predicted octanol–water partition coefficient (Wildman–Crippen LogP) is 3.68. The molecule has 1 amide bonds. The maximum Gasteiger partial charge on any atom is 0.336 e. The zero-order valence-corrected chi connectivity index (χ0v) is 12.1. The topological polar surface area (TPSA) is 66.4 Å². The molecule has 108 valence electrons. The lowest BCUT2D eigenvalue weighted by Gasteiger charge is -2.10. The van der Waals surface area contributed by atoms with Crippen molar-refractivity contribution in [2.75, 3.05) is 5.32 Å². The van der Waals surface area contributed by atoms with Crippen LogP contribution in [0.2, 0.25) is 0 Å². The van der Waals surface area contributed by atoms with Crippen molar-refractivity contribution in [1.29, 1.82) is 0 Å². The fourth-order valence-electron chi connectivity index (χ4n) is 1.94. The largest absolute Gasteiger partial charge is 0.478 e. The maximum absolute atomic E-state index is 12.2. The van der Waals surface area contributed by atoms with Gasteiger partial charge in [0.1, 0.15) is 0 Å². The van der Waals surface area contributed by atoms with Gasteiger partial charge in [0.15, 0.2) is 0 Å². The molecule has 0 fully saturated rings. The van der Waals surface area contributed by atoms with E-state index >= 15 is 0 Å². The molecule has 0 aromatic heterocycles. The van der Waals surface area contributed by atoms with Gasteiger partial charge in [-0.3, -0.25) is 4.79 Å². The van der Waals surface area contributed by atoms with E-state index < -0.39 is 5.97 Å². The van der Waals surface area contributed by atoms with E-state index in [1.807, 2.05) is 0 Å². The smallest absolute Gasteiger partial charge is 0.336 e. The number of amides is 1. The van der Waals surface area contributed by atoms with Gasteiger partial charge in [-0.2, -0.15) is 0 Å². The van der Waals surface area contributed by atoms with Gasteiger partial charge in [-0.05, 0) is 42.3 Å². The first-order valence-electron chi connectivity index (χ1n) is 6.32. The van der Waals surface area contributed by atoms with Gasteiger partial charge in [0.05, 0.1) is 5.56 Å². The molecule has 21 heavy (non-hydrogen) atoms. The zero-order valence-electron chi connectivity index (χ0n) is 11.4. The number of benzene rings is 2. The maximum atomic E-state index is 12.2. The Morgan fingerprint density at radius 2 is 1.81 bits per heavy atom. The van der Waals surface area contributed by atoms with Gasteiger partial charge >= 0.3 is 5.97 Å². The number of alkyl halides is 1. The molecule has 0 aliphatic carbocycles. The van der Waals surface area contributed by atoms with E-state index in [-0.39, 0.29) is 11.5 Å². The Labute approximate surface area is 127 Å². The number of carbonyl (C=O) groups excluding carboxylic acids is 1. The van der Waals surface area contributed by atoms with E-state index in [0.717, 1.165) is 5.56 Å². The molecule has 0 spiro atoms.